The van der Waals surface area contributed by atoms with Gasteiger partial charge in [-0.25, -0.2) is 12.7 Å². The summed E-state index contributed by atoms with van der Waals surface area (Å²) >= 11 is 0. The Hall–Kier alpha value is -1.89. The number of anilines is 1. The van der Waals surface area contributed by atoms with Crippen LogP contribution < -0.4 is 4.31 Å². The van der Waals surface area contributed by atoms with Crippen molar-refractivity contribution in [3.63, 3.8) is 0 Å². The lowest BCUT2D eigenvalue weighted by atomic mass is 9.95. The van der Waals surface area contributed by atoms with Gasteiger partial charge in [-0.2, -0.15) is 0 Å². The first-order valence-corrected chi connectivity index (χ1v) is 9.80. The molecule has 2 fully saturated rings. The van der Waals surface area contributed by atoms with E-state index in [1.54, 1.807) is 36.9 Å². The third kappa shape index (κ3) is 2.92. The van der Waals surface area contributed by atoms with Gasteiger partial charge in [-0.1, -0.05) is 6.07 Å². The molecular weight excluding hydrogens is 328 g/mol. The highest BCUT2D eigenvalue weighted by Gasteiger charge is 2.50. The van der Waals surface area contributed by atoms with E-state index >= 15 is 0 Å². The van der Waals surface area contributed by atoms with Crippen LogP contribution in [0.5, 0.6) is 0 Å². The fraction of sp³-hybridized carbons (Fsp3) is 0.529. The molecule has 6 nitrogen and oxygen atoms in total. The number of rotatable bonds is 2. The van der Waals surface area contributed by atoms with E-state index in [0.29, 0.717) is 5.56 Å². The molecule has 2 heterocycles. The summed E-state index contributed by atoms with van der Waals surface area (Å²) in [5.74, 6) is -0.784. The lowest BCUT2D eigenvalue weighted by Gasteiger charge is -2.27. The van der Waals surface area contributed by atoms with Crippen molar-refractivity contribution in [1.82, 2.24) is 4.90 Å². The van der Waals surface area contributed by atoms with Crippen LogP contribution in [0.4, 0.5) is 5.69 Å². The van der Waals surface area contributed by atoms with Crippen LogP contribution in [0.25, 0.3) is 0 Å². The van der Waals surface area contributed by atoms with Gasteiger partial charge in [-0.05, 0) is 51.3 Å². The first-order valence-electron chi connectivity index (χ1n) is 8.19. The molecule has 0 spiro atoms. The number of benzene rings is 1. The van der Waals surface area contributed by atoms with E-state index < -0.39 is 21.3 Å². The Morgan fingerprint density at radius 2 is 1.79 bits per heavy atom. The minimum absolute atomic E-state index is 0.111. The predicted octanol–water partition coefficient (Wildman–Crippen LogP) is 2.02. The zero-order valence-corrected chi connectivity index (χ0v) is 14.8. The lowest BCUT2D eigenvalue weighted by Crippen LogP contribution is -2.36. The number of amides is 2. The number of carbonyl (C=O) groups excluding carboxylic acids is 2. The second-order valence-electron chi connectivity index (χ2n) is 7.11. The average Bonchev–Trinajstić information content (AvgIpc) is 2.70. The molecule has 7 heteroatoms. The van der Waals surface area contributed by atoms with Gasteiger partial charge >= 0.3 is 0 Å². The second kappa shape index (κ2) is 5.88. The molecule has 0 N–H and O–H groups in total. The molecule has 24 heavy (non-hydrogen) atoms. The van der Waals surface area contributed by atoms with Gasteiger partial charge in [0, 0.05) is 18.7 Å². The third-order valence-electron chi connectivity index (χ3n) is 4.56. The minimum atomic E-state index is -3.71. The van der Waals surface area contributed by atoms with Crippen molar-refractivity contribution in [1.29, 1.82) is 0 Å². The van der Waals surface area contributed by atoms with E-state index in [4.69, 9.17) is 0 Å². The van der Waals surface area contributed by atoms with Crippen LogP contribution in [0, 0.1) is 5.41 Å². The highest BCUT2D eigenvalue weighted by molar-refractivity contribution is 7.94. The standard InChI is InChI=1S/C17H22N2O4S/c1-17(2)12-24(22,23)19(16(17)21)14-8-6-7-13(11-14)15(20)18-9-4-3-5-10-18/h6-8,11H,3-5,9-10,12H2,1-2H3. The summed E-state index contributed by atoms with van der Waals surface area (Å²) in [6, 6.07) is 6.36. The molecule has 0 aromatic heterocycles. The molecule has 1 aromatic carbocycles. The Morgan fingerprint density at radius 1 is 1.12 bits per heavy atom. The van der Waals surface area contributed by atoms with Crippen LogP contribution >= 0.6 is 0 Å². The van der Waals surface area contributed by atoms with Gasteiger partial charge in [-0.3, -0.25) is 9.59 Å². The Balaban J connectivity index is 1.93. The van der Waals surface area contributed by atoms with E-state index in [-0.39, 0.29) is 17.3 Å². The first-order chi connectivity index (χ1) is 11.2. The molecule has 0 radical (unpaired) electrons. The molecule has 2 aliphatic rings. The first kappa shape index (κ1) is 17.0. The number of carbonyl (C=O) groups is 2. The molecular formula is C17H22N2O4S. The van der Waals surface area contributed by atoms with Gasteiger partial charge in [0.25, 0.3) is 5.91 Å². The third-order valence-corrected chi connectivity index (χ3v) is 6.58. The molecule has 0 saturated carbocycles. The molecule has 1 aromatic rings. The van der Waals surface area contributed by atoms with Gasteiger partial charge in [-0.15, -0.1) is 0 Å². The molecule has 0 unspecified atom stereocenters. The molecule has 0 aliphatic carbocycles. The summed E-state index contributed by atoms with van der Waals surface area (Å²) in [5.41, 5.74) is -0.290. The Bertz CT molecular complexity index is 780. The molecule has 2 saturated heterocycles. The van der Waals surface area contributed by atoms with Crippen molar-refractivity contribution in [2.24, 2.45) is 5.41 Å². The summed E-state index contributed by atoms with van der Waals surface area (Å²) in [7, 11) is -3.71. The van der Waals surface area contributed by atoms with E-state index in [2.05, 4.69) is 0 Å². The number of hydrogen-bond acceptors (Lipinski definition) is 4. The molecule has 0 bridgehead atoms. The molecule has 0 atom stereocenters. The van der Waals surface area contributed by atoms with Crippen LogP contribution in [0.3, 0.4) is 0 Å². The molecule has 2 aliphatic heterocycles. The molecule has 3 rings (SSSR count). The number of likely N-dealkylation sites (tertiary alicyclic amines) is 1. The number of piperidine rings is 1. The lowest BCUT2D eigenvalue weighted by molar-refractivity contribution is -0.123. The summed E-state index contributed by atoms with van der Waals surface area (Å²) in [6.45, 7) is 4.68. The maximum atomic E-state index is 12.6. The van der Waals surface area contributed by atoms with E-state index in [0.717, 1.165) is 36.7 Å². The minimum Gasteiger partial charge on any atom is -0.339 e. The van der Waals surface area contributed by atoms with Crippen LogP contribution in [-0.4, -0.2) is 44.0 Å². The fourth-order valence-electron chi connectivity index (χ4n) is 3.31. The molecule has 130 valence electrons. The van der Waals surface area contributed by atoms with E-state index in [1.807, 2.05) is 0 Å². The smallest absolute Gasteiger partial charge is 0.253 e. The maximum Gasteiger partial charge on any atom is 0.253 e. The molecule has 2 amide bonds. The van der Waals surface area contributed by atoms with Crippen molar-refractivity contribution in [3.05, 3.63) is 29.8 Å². The SMILES string of the molecule is CC1(C)CS(=O)(=O)N(c2cccc(C(=O)N3CCCCC3)c2)C1=O. The van der Waals surface area contributed by atoms with Crippen molar-refractivity contribution in [2.75, 3.05) is 23.1 Å². The van der Waals surface area contributed by atoms with Crippen LogP contribution in [-0.2, 0) is 14.8 Å². The highest BCUT2D eigenvalue weighted by atomic mass is 32.2. The van der Waals surface area contributed by atoms with Crippen LogP contribution in [0.2, 0.25) is 0 Å². The van der Waals surface area contributed by atoms with E-state index in [9.17, 15) is 18.0 Å². The van der Waals surface area contributed by atoms with Crippen molar-refractivity contribution in [2.45, 2.75) is 33.1 Å². The number of sulfonamides is 1. The van der Waals surface area contributed by atoms with Crippen LogP contribution in [0.1, 0.15) is 43.5 Å². The summed E-state index contributed by atoms with van der Waals surface area (Å²) < 4.78 is 25.6. The monoisotopic (exact) mass is 350 g/mol. The topological polar surface area (TPSA) is 74.8 Å². The predicted molar refractivity (Wildman–Crippen MR) is 91.3 cm³/mol. The zero-order chi connectivity index (χ0) is 17.5. The van der Waals surface area contributed by atoms with Gasteiger partial charge in [0.2, 0.25) is 15.9 Å². The second-order valence-corrected chi connectivity index (χ2v) is 8.93. The Kier molecular flexibility index (Phi) is 4.15. The quantitative estimate of drug-likeness (QED) is 0.818. The normalized spacial score (nSPS) is 22.7. The van der Waals surface area contributed by atoms with Gasteiger partial charge < -0.3 is 4.90 Å². The number of nitrogens with zero attached hydrogens (tertiary/aromatic N) is 2. The highest BCUT2D eigenvalue weighted by Crippen LogP contribution is 2.36. The van der Waals surface area contributed by atoms with Gasteiger partial charge in [0.05, 0.1) is 16.9 Å². The largest absolute Gasteiger partial charge is 0.339 e. The summed E-state index contributed by atoms with van der Waals surface area (Å²) in [5, 5.41) is 0. The average molecular weight is 350 g/mol. The van der Waals surface area contributed by atoms with Crippen molar-refractivity contribution >= 4 is 27.5 Å². The zero-order valence-electron chi connectivity index (χ0n) is 14.0. The van der Waals surface area contributed by atoms with Crippen LogP contribution in [0.15, 0.2) is 24.3 Å². The van der Waals surface area contributed by atoms with Gasteiger partial charge in [0.15, 0.2) is 0 Å². The Morgan fingerprint density at radius 3 is 2.38 bits per heavy atom. The maximum absolute atomic E-state index is 12.6. The summed E-state index contributed by atoms with van der Waals surface area (Å²) in [6.07, 6.45) is 3.09. The van der Waals surface area contributed by atoms with Crippen molar-refractivity contribution < 1.29 is 18.0 Å². The Labute approximate surface area is 142 Å². The number of hydrogen-bond donors (Lipinski definition) is 0. The summed E-state index contributed by atoms with van der Waals surface area (Å²) in [4.78, 5) is 26.9. The van der Waals surface area contributed by atoms with Crippen molar-refractivity contribution in [3.8, 4) is 0 Å². The fourth-order valence-corrected chi connectivity index (χ4v) is 5.41. The van der Waals surface area contributed by atoms with E-state index in [1.165, 1.54) is 6.07 Å². The van der Waals surface area contributed by atoms with Gasteiger partial charge in [0.1, 0.15) is 0 Å².